The number of aromatic nitrogens is 2. The van der Waals surface area contributed by atoms with Crippen LogP contribution in [-0.2, 0) is 19.2 Å². The fourth-order valence-corrected chi connectivity index (χ4v) is 3.73. The number of carbonyl (C=O) groups is 6. The van der Waals surface area contributed by atoms with Gasteiger partial charge >= 0.3 is 67.3 Å². The zero-order valence-corrected chi connectivity index (χ0v) is 30.1. The first-order chi connectivity index (χ1) is 25.7. The van der Waals surface area contributed by atoms with Crippen molar-refractivity contribution in [1.29, 1.82) is 0 Å². The molecule has 0 aliphatic heterocycles. The van der Waals surface area contributed by atoms with Crippen molar-refractivity contribution < 1.29 is 128 Å². The quantitative estimate of drug-likeness (QED) is 0.118. The summed E-state index contributed by atoms with van der Waals surface area (Å²) in [6.07, 6.45) is 2.56. The molecule has 0 atom stereocenters. The van der Waals surface area contributed by atoms with Crippen LogP contribution in [0.15, 0.2) is 73.1 Å². The van der Waals surface area contributed by atoms with E-state index in [-0.39, 0.29) is 83.8 Å². The summed E-state index contributed by atoms with van der Waals surface area (Å²) < 4.78 is 20.1. The van der Waals surface area contributed by atoms with Crippen LogP contribution in [0.4, 0.5) is 0 Å². The monoisotopic (exact) mass is 892 g/mol. The number of hydrogen-bond donors (Lipinski definition) is 3. The molecular weight excluding hydrogens is 868 g/mol. The van der Waals surface area contributed by atoms with Gasteiger partial charge in [0.25, 0.3) is 0 Å². The number of hydrogen-bond acceptors (Lipinski definition) is 15. The van der Waals surface area contributed by atoms with Crippen LogP contribution in [0.3, 0.4) is 0 Å². The first-order valence-electron chi connectivity index (χ1n) is 14.7. The molecule has 4 rings (SSSR count). The molecule has 0 saturated carbocycles. The van der Waals surface area contributed by atoms with Crippen LogP contribution in [0.2, 0.25) is 0 Å². The molecule has 19 heteroatoms. The average Bonchev–Trinajstić information content (AvgIpc) is 3.13. The molecule has 0 aliphatic rings. The maximum absolute atomic E-state index is 10.9. The smallest absolute Gasteiger partial charge is 0.546 e. The fourth-order valence-electron chi connectivity index (χ4n) is 3.73. The Morgan fingerprint density at radius 1 is 0.509 bits per heavy atom. The van der Waals surface area contributed by atoms with Gasteiger partial charge in [-0.05, 0) is 48.5 Å². The van der Waals surface area contributed by atoms with Crippen LogP contribution in [0.5, 0.6) is 23.0 Å². The van der Waals surface area contributed by atoms with Crippen LogP contribution in [0, 0.1) is 73.1 Å². The van der Waals surface area contributed by atoms with Gasteiger partial charge in [0.05, 0.1) is 23.6 Å². The molecule has 0 unspecified atom stereocenters. The number of ether oxygens (including phenoxy) is 4. The van der Waals surface area contributed by atoms with Crippen molar-refractivity contribution in [3.05, 3.63) is 107 Å². The number of carboxylic acids is 6. The van der Waals surface area contributed by atoms with Gasteiger partial charge in [-0.25, -0.2) is 19.4 Å². The second-order valence-electron chi connectivity index (χ2n) is 10.0. The summed E-state index contributed by atoms with van der Waals surface area (Å²) in [5, 5.41) is 58.2. The summed E-state index contributed by atoms with van der Waals surface area (Å²) in [7, 11) is 0. The molecule has 0 radical (unpaired) electrons. The van der Waals surface area contributed by atoms with E-state index in [0.29, 0.717) is 22.3 Å². The maximum Gasteiger partial charge on any atom is 3.00 e. The zero-order valence-electron chi connectivity index (χ0n) is 27.7. The van der Waals surface area contributed by atoms with E-state index in [2.05, 4.69) is 33.6 Å². The normalized spacial score (nSPS) is 9.45. The van der Waals surface area contributed by atoms with E-state index in [1.165, 1.54) is 73.1 Å². The molecule has 0 amide bonds. The van der Waals surface area contributed by atoms with Gasteiger partial charge in [0.1, 0.15) is 41.9 Å². The van der Waals surface area contributed by atoms with Crippen molar-refractivity contribution >= 4 is 35.8 Å². The molecule has 0 aliphatic carbocycles. The Labute approximate surface area is 350 Å². The van der Waals surface area contributed by atoms with Gasteiger partial charge in [0.2, 0.25) is 0 Å². The summed E-state index contributed by atoms with van der Waals surface area (Å²) in [6, 6.07) is 13.8. The van der Waals surface area contributed by atoms with Crippen LogP contribution in [0.1, 0.15) is 43.2 Å². The van der Waals surface area contributed by atoms with Crippen molar-refractivity contribution in [2.45, 2.75) is 0 Å². The molecule has 280 valence electrons. The zero-order chi connectivity index (χ0) is 39.6. The van der Waals surface area contributed by atoms with Crippen molar-refractivity contribution in [3.8, 4) is 46.7 Å². The summed E-state index contributed by atoms with van der Waals surface area (Å²) in [4.78, 5) is 71.3. The first kappa shape index (κ1) is 44.6. The Kier molecular flexibility index (Phi) is 18.3. The SMILES string of the molecule is O=C(O)COc1cc(C#Cc2ccnc(C(=O)O)c2)cc(OCC(=O)O)c1.O=C([O-])COc1cc(C#Cc2ccnc(C(=O)[O-])c2)cc(OCC(=O)[O-])c1.[Eu+3]. The third kappa shape index (κ3) is 17.2. The number of carboxylic acid groups (broad SMARTS) is 6. The second kappa shape index (κ2) is 22.5. The van der Waals surface area contributed by atoms with Crippen LogP contribution in [-0.4, -0.2) is 87.5 Å². The van der Waals surface area contributed by atoms with Crippen molar-refractivity contribution in [2.24, 2.45) is 0 Å². The molecule has 2 aromatic heterocycles. The van der Waals surface area contributed by atoms with E-state index in [9.17, 15) is 44.1 Å². The molecule has 55 heavy (non-hydrogen) atoms. The largest absolute Gasteiger partial charge is 3.00 e. The van der Waals surface area contributed by atoms with Gasteiger partial charge in [0.15, 0.2) is 13.2 Å². The van der Waals surface area contributed by atoms with Crippen molar-refractivity contribution in [1.82, 2.24) is 9.97 Å². The fraction of sp³-hybridized carbons (Fsp3) is 0.111. The minimum absolute atomic E-state index is 0. The van der Waals surface area contributed by atoms with E-state index < -0.39 is 62.2 Å². The summed E-state index contributed by atoms with van der Waals surface area (Å²) in [5.74, 6) is 3.38. The van der Waals surface area contributed by atoms with E-state index in [1.807, 2.05) is 0 Å². The number of pyridine rings is 2. The van der Waals surface area contributed by atoms with Crippen LogP contribution >= 0.6 is 0 Å². The third-order valence-corrected chi connectivity index (χ3v) is 5.85. The molecule has 0 spiro atoms. The number of rotatable bonds is 14. The van der Waals surface area contributed by atoms with Crippen molar-refractivity contribution in [3.63, 3.8) is 0 Å². The summed E-state index contributed by atoms with van der Waals surface area (Å²) in [5.41, 5.74) is 0.935. The molecule has 4 aromatic rings. The molecule has 0 bridgehead atoms. The number of carbonyl (C=O) groups excluding carboxylic acids is 3. The first-order valence-corrected chi connectivity index (χ1v) is 14.7. The van der Waals surface area contributed by atoms with E-state index in [0.717, 1.165) is 0 Å². The molecule has 0 saturated heterocycles. The molecule has 0 fully saturated rings. The predicted octanol–water partition coefficient (Wildman–Crippen LogP) is -1.79. The second-order valence-corrected chi connectivity index (χ2v) is 10.0. The van der Waals surface area contributed by atoms with Gasteiger partial charge in [-0.2, -0.15) is 0 Å². The van der Waals surface area contributed by atoms with Gasteiger partial charge in [-0.1, -0.05) is 23.7 Å². The van der Waals surface area contributed by atoms with E-state index >= 15 is 0 Å². The number of nitrogens with zero attached hydrogens (tertiary/aromatic N) is 2. The van der Waals surface area contributed by atoms with Gasteiger partial charge in [-0.15, -0.1) is 0 Å². The average molecular weight is 892 g/mol. The van der Waals surface area contributed by atoms with Gasteiger partial charge < -0.3 is 64.0 Å². The van der Waals surface area contributed by atoms with Gasteiger partial charge in [0, 0.05) is 46.8 Å². The molecule has 18 nitrogen and oxygen atoms in total. The number of aromatic carboxylic acids is 2. The van der Waals surface area contributed by atoms with Crippen LogP contribution in [0.25, 0.3) is 0 Å². The van der Waals surface area contributed by atoms with E-state index in [1.54, 1.807) is 0 Å². The summed E-state index contributed by atoms with van der Waals surface area (Å²) >= 11 is 0. The minimum atomic E-state index is -1.45. The topological polar surface area (TPSA) is 295 Å². The molecule has 2 aromatic carbocycles. The Morgan fingerprint density at radius 3 is 1.20 bits per heavy atom. The molecule has 3 N–H and O–H groups in total. The predicted molar refractivity (Wildman–Crippen MR) is 172 cm³/mol. The summed E-state index contributed by atoms with van der Waals surface area (Å²) in [6.45, 7) is -2.64. The Morgan fingerprint density at radius 2 is 0.855 bits per heavy atom. The number of benzene rings is 2. The van der Waals surface area contributed by atoms with Crippen molar-refractivity contribution in [2.75, 3.05) is 26.4 Å². The maximum atomic E-state index is 10.9. The molecule has 2 heterocycles. The van der Waals surface area contributed by atoms with Gasteiger partial charge in [-0.3, -0.25) is 4.98 Å². The minimum Gasteiger partial charge on any atom is -0.546 e. The standard InChI is InChI=1S/2C18H13NO8.Eu/c2*20-16(21)9-26-13-5-12(6-14(8-13)27-10-17(22)23)2-1-11-3-4-19-15(7-11)18(24)25;/h2*3-8H,9-10H2,(H,20,21)(H,22,23)(H,24,25);/q;;+3/p-3. The Hall–Kier alpha value is -6.54. The molecular formula is C36H23EuN2O16. The van der Waals surface area contributed by atoms with Crippen LogP contribution < -0.4 is 34.3 Å². The Bertz CT molecular complexity index is 1970. The Balaban J connectivity index is 0.000000373. The number of aliphatic carboxylic acids is 4. The third-order valence-electron chi connectivity index (χ3n) is 5.85. The van der Waals surface area contributed by atoms with E-state index in [4.69, 9.17) is 34.3 Å².